The van der Waals surface area contributed by atoms with Crippen LogP contribution in [0.4, 0.5) is 5.82 Å². The van der Waals surface area contributed by atoms with Crippen molar-refractivity contribution in [3.63, 3.8) is 0 Å². The molecule has 1 aromatic heterocycles. The van der Waals surface area contributed by atoms with Crippen molar-refractivity contribution in [3.05, 3.63) is 21.4 Å². The standard InChI is InChI=1S/C12H16IN3OS/c1-7(2)4-10(17)15-12(18)16-11-8(3)5-9(13)6-14-11/h5-7H,4H2,1-3H3,(H2,14,15,16,17,18). The third-order valence-electron chi connectivity index (χ3n) is 2.12. The molecular weight excluding hydrogens is 361 g/mol. The van der Waals surface area contributed by atoms with Crippen LogP contribution in [0.3, 0.4) is 0 Å². The van der Waals surface area contributed by atoms with Crippen LogP contribution < -0.4 is 10.6 Å². The molecule has 1 amide bonds. The molecule has 0 bridgehead atoms. The predicted octanol–water partition coefficient (Wildman–Crippen LogP) is 2.85. The predicted molar refractivity (Wildman–Crippen MR) is 85.5 cm³/mol. The van der Waals surface area contributed by atoms with Crippen LogP contribution in [0, 0.1) is 16.4 Å². The third kappa shape index (κ3) is 5.26. The van der Waals surface area contributed by atoms with Crippen molar-refractivity contribution in [2.75, 3.05) is 5.32 Å². The van der Waals surface area contributed by atoms with E-state index in [1.165, 1.54) is 0 Å². The van der Waals surface area contributed by atoms with Gasteiger partial charge in [-0.3, -0.25) is 4.79 Å². The first kappa shape index (κ1) is 15.3. The fourth-order valence-electron chi connectivity index (χ4n) is 1.36. The zero-order chi connectivity index (χ0) is 13.7. The van der Waals surface area contributed by atoms with Gasteiger partial charge in [0.15, 0.2) is 5.11 Å². The highest BCUT2D eigenvalue weighted by atomic mass is 127. The van der Waals surface area contributed by atoms with Crippen molar-refractivity contribution in [2.45, 2.75) is 27.2 Å². The Bertz CT molecular complexity index is 463. The second kappa shape index (κ2) is 6.98. The van der Waals surface area contributed by atoms with Gasteiger partial charge >= 0.3 is 0 Å². The maximum Gasteiger partial charge on any atom is 0.226 e. The van der Waals surface area contributed by atoms with Crippen molar-refractivity contribution in [1.29, 1.82) is 0 Å². The van der Waals surface area contributed by atoms with Crippen LogP contribution in [-0.4, -0.2) is 16.0 Å². The molecular formula is C12H16IN3OS. The number of amides is 1. The molecule has 0 radical (unpaired) electrons. The first-order chi connectivity index (χ1) is 8.38. The van der Waals surface area contributed by atoms with E-state index >= 15 is 0 Å². The van der Waals surface area contributed by atoms with Crippen LogP contribution in [0.25, 0.3) is 0 Å². The molecule has 2 N–H and O–H groups in total. The Balaban J connectivity index is 2.57. The Morgan fingerprint density at radius 2 is 2.22 bits per heavy atom. The Hall–Kier alpha value is -0.760. The van der Waals surface area contributed by atoms with Gasteiger partial charge in [0, 0.05) is 16.2 Å². The second-order valence-corrected chi connectivity index (χ2v) is 6.07. The summed E-state index contributed by atoms with van der Waals surface area (Å²) in [6.07, 6.45) is 2.20. The molecule has 1 aromatic rings. The van der Waals surface area contributed by atoms with Crippen LogP contribution in [-0.2, 0) is 4.79 Å². The molecule has 6 heteroatoms. The fraction of sp³-hybridized carbons (Fsp3) is 0.417. The quantitative estimate of drug-likeness (QED) is 0.629. The van der Waals surface area contributed by atoms with E-state index < -0.39 is 0 Å². The molecule has 1 heterocycles. The molecule has 0 aromatic carbocycles. The summed E-state index contributed by atoms with van der Waals surface area (Å²) in [6, 6.07) is 1.99. The van der Waals surface area contributed by atoms with E-state index in [9.17, 15) is 4.79 Å². The molecule has 4 nitrogen and oxygen atoms in total. The number of rotatable bonds is 3. The van der Waals surface area contributed by atoms with Gasteiger partial charge in [-0.05, 0) is 59.3 Å². The van der Waals surface area contributed by atoms with Crippen molar-refractivity contribution in [2.24, 2.45) is 5.92 Å². The highest BCUT2D eigenvalue weighted by Gasteiger charge is 2.08. The maximum absolute atomic E-state index is 11.5. The zero-order valence-electron chi connectivity index (χ0n) is 10.6. The lowest BCUT2D eigenvalue weighted by Crippen LogP contribution is -2.35. The van der Waals surface area contributed by atoms with E-state index in [2.05, 4.69) is 38.2 Å². The van der Waals surface area contributed by atoms with Gasteiger partial charge in [-0.25, -0.2) is 4.98 Å². The molecule has 0 saturated carbocycles. The number of carbonyl (C=O) groups excluding carboxylic acids is 1. The number of thiocarbonyl (C=S) groups is 1. The monoisotopic (exact) mass is 377 g/mol. The minimum atomic E-state index is -0.0781. The zero-order valence-corrected chi connectivity index (χ0v) is 13.6. The van der Waals surface area contributed by atoms with Gasteiger partial charge in [-0.2, -0.15) is 0 Å². The van der Waals surface area contributed by atoms with Crippen molar-refractivity contribution < 1.29 is 4.79 Å². The molecule has 0 spiro atoms. The average molecular weight is 377 g/mol. The van der Waals surface area contributed by atoms with Gasteiger partial charge < -0.3 is 10.6 Å². The van der Waals surface area contributed by atoms with Gasteiger partial charge in [-0.1, -0.05) is 13.8 Å². The lowest BCUT2D eigenvalue weighted by Gasteiger charge is -2.11. The Morgan fingerprint density at radius 1 is 1.56 bits per heavy atom. The fourth-order valence-corrected chi connectivity index (χ4v) is 2.18. The van der Waals surface area contributed by atoms with E-state index in [4.69, 9.17) is 12.2 Å². The summed E-state index contributed by atoms with van der Waals surface area (Å²) >= 11 is 7.27. The van der Waals surface area contributed by atoms with Crippen LogP contribution in [0.1, 0.15) is 25.8 Å². The van der Waals surface area contributed by atoms with E-state index in [0.717, 1.165) is 9.13 Å². The number of aryl methyl sites for hydroxylation is 1. The Morgan fingerprint density at radius 3 is 2.78 bits per heavy atom. The van der Waals surface area contributed by atoms with Crippen LogP contribution in [0.5, 0.6) is 0 Å². The summed E-state index contributed by atoms with van der Waals surface area (Å²) in [6.45, 7) is 5.91. The number of carbonyl (C=O) groups is 1. The average Bonchev–Trinajstić information content (AvgIpc) is 2.20. The van der Waals surface area contributed by atoms with E-state index in [0.29, 0.717) is 18.2 Å². The number of aromatic nitrogens is 1. The number of pyridine rings is 1. The second-order valence-electron chi connectivity index (χ2n) is 4.42. The molecule has 18 heavy (non-hydrogen) atoms. The number of hydrogen-bond acceptors (Lipinski definition) is 3. The third-order valence-corrected chi connectivity index (χ3v) is 2.92. The molecule has 0 aliphatic carbocycles. The van der Waals surface area contributed by atoms with Gasteiger partial charge in [-0.15, -0.1) is 0 Å². The van der Waals surface area contributed by atoms with Gasteiger partial charge in [0.2, 0.25) is 5.91 Å². The SMILES string of the molecule is Cc1cc(I)cnc1NC(=S)NC(=O)CC(C)C. The number of nitrogens with zero attached hydrogens (tertiary/aromatic N) is 1. The summed E-state index contributed by atoms with van der Waals surface area (Å²) in [4.78, 5) is 15.8. The minimum Gasteiger partial charge on any atom is -0.317 e. The van der Waals surface area contributed by atoms with E-state index in [1.807, 2.05) is 26.8 Å². The molecule has 0 atom stereocenters. The molecule has 0 fully saturated rings. The van der Waals surface area contributed by atoms with Gasteiger partial charge in [0.1, 0.15) is 5.82 Å². The summed E-state index contributed by atoms with van der Waals surface area (Å²) in [5, 5.41) is 5.86. The van der Waals surface area contributed by atoms with Gasteiger partial charge in [0.05, 0.1) is 0 Å². The normalized spacial score (nSPS) is 10.3. The van der Waals surface area contributed by atoms with Crippen molar-refractivity contribution in [1.82, 2.24) is 10.3 Å². The summed E-state index contributed by atoms with van der Waals surface area (Å²) in [5.74, 6) is 0.905. The first-order valence-electron chi connectivity index (χ1n) is 5.61. The summed E-state index contributed by atoms with van der Waals surface area (Å²) in [7, 11) is 0. The van der Waals surface area contributed by atoms with Crippen LogP contribution >= 0.6 is 34.8 Å². The topological polar surface area (TPSA) is 54.0 Å². The largest absolute Gasteiger partial charge is 0.317 e. The van der Waals surface area contributed by atoms with Crippen molar-refractivity contribution >= 4 is 51.6 Å². The molecule has 98 valence electrons. The van der Waals surface area contributed by atoms with Crippen LogP contribution in [0.2, 0.25) is 0 Å². The lowest BCUT2D eigenvalue weighted by atomic mass is 10.1. The molecule has 0 aliphatic heterocycles. The minimum absolute atomic E-state index is 0.0781. The molecule has 0 unspecified atom stereocenters. The number of hydrogen-bond donors (Lipinski definition) is 2. The number of halogens is 1. The lowest BCUT2D eigenvalue weighted by molar-refractivity contribution is -0.120. The molecule has 1 rings (SSSR count). The highest BCUT2D eigenvalue weighted by molar-refractivity contribution is 14.1. The number of anilines is 1. The maximum atomic E-state index is 11.5. The Kier molecular flexibility index (Phi) is 5.94. The summed E-state index contributed by atoms with van der Waals surface area (Å²) in [5.41, 5.74) is 0.988. The first-order valence-corrected chi connectivity index (χ1v) is 7.10. The molecule has 0 saturated heterocycles. The smallest absolute Gasteiger partial charge is 0.226 e. The van der Waals surface area contributed by atoms with Crippen LogP contribution in [0.15, 0.2) is 12.3 Å². The molecule has 0 aliphatic rings. The van der Waals surface area contributed by atoms with Crippen molar-refractivity contribution in [3.8, 4) is 0 Å². The Labute approximate surface area is 126 Å². The summed E-state index contributed by atoms with van der Waals surface area (Å²) < 4.78 is 1.06. The van der Waals surface area contributed by atoms with E-state index in [-0.39, 0.29) is 11.0 Å². The highest BCUT2D eigenvalue weighted by Crippen LogP contribution is 2.13. The number of nitrogens with one attached hydrogen (secondary N) is 2. The van der Waals surface area contributed by atoms with E-state index in [1.54, 1.807) is 6.20 Å². The van der Waals surface area contributed by atoms with Gasteiger partial charge in [0.25, 0.3) is 0 Å².